The summed E-state index contributed by atoms with van der Waals surface area (Å²) in [4.78, 5) is 3.93. The van der Waals surface area contributed by atoms with Crippen LogP contribution in [-0.2, 0) is 0 Å². The second kappa shape index (κ2) is 4.99. The minimum absolute atomic E-state index is 0. The van der Waals surface area contributed by atoms with E-state index in [0.29, 0.717) is 12.3 Å². The second-order valence-corrected chi connectivity index (χ2v) is 2.38. The Hall–Kier alpha value is -0.870. The number of ether oxygens (including phenoxy) is 1. The Morgan fingerprint density at radius 3 is 2.85 bits per heavy atom. The summed E-state index contributed by atoms with van der Waals surface area (Å²) >= 11 is 0. The molecule has 1 aliphatic rings. The Labute approximate surface area is 88.7 Å². The van der Waals surface area contributed by atoms with Crippen molar-refractivity contribution in [2.75, 3.05) is 24.2 Å². The molecule has 2 heterocycles. The van der Waals surface area contributed by atoms with Crippen molar-refractivity contribution in [3.63, 3.8) is 0 Å². The third-order valence-corrected chi connectivity index (χ3v) is 1.59. The predicted molar refractivity (Wildman–Crippen MR) is 57.1 cm³/mol. The van der Waals surface area contributed by atoms with Crippen molar-refractivity contribution in [2.24, 2.45) is 0 Å². The molecule has 74 valence electrons. The van der Waals surface area contributed by atoms with Crippen molar-refractivity contribution in [2.45, 2.75) is 0 Å². The Bertz CT molecular complexity index is 282. The smallest absolute Gasteiger partial charge is 0.168 e. The van der Waals surface area contributed by atoms with E-state index in [1.165, 1.54) is 0 Å². The number of aromatic nitrogens is 1. The van der Waals surface area contributed by atoms with E-state index in [9.17, 15) is 0 Å². The summed E-state index contributed by atoms with van der Waals surface area (Å²) < 4.78 is 5.33. The molecule has 0 saturated heterocycles. The van der Waals surface area contributed by atoms with Gasteiger partial charge in [-0.2, -0.15) is 0 Å². The van der Waals surface area contributed by atoms with E-state index in [2.05, 4.69) is 10.3 Å². The molecule has 4 nitrogen and oxygen atoms in total. The maximum atomic E-state index is 5.61. The van der Waals surface area contributed by atoms with Crippen LogP contribution in [0.25, 0.3) is 0 Å². The lowest BCUT2D eigenvalue weighted by Crippen LogP contribution is -2.19. The molecule has 0 unspecified atom stereocenters. The van der Waals surface area contributed by atoms with Gasteiger partial charge in [-0.05, 0) is 0 Å². The molecule has 0 saturated carbocycles. The van der Waals surface area contributed by atoms with Crippen LogP contribution >= 0.6 is 24.8 Å². The van der Waals surface area contributed by atoms with Gasteiger partial charge in [0.05, 0.1) is 23.8 Å². The normalized spacial score (nSPS) is 12.3. The number of anilines is 2. The maximum Gasteiger partial charge on any atom is 0.168 e. The van der Waals surface area contributed by atoms with Gasteiger partial charge in [-0.3, -0.25) is 4.98 Å². The highest BCUT2D eigenvalue weighted by Crippen LogP contribution is 2.31. The Balaban J connectivity index is 0.000000720. The van der Waals surface area contributed by atoms with E-state index in [0.717, 1.165) is 18.0 Å². The van der Waals surface area contributed by atoms with E-state index < -0.39 is 0 Å². The first-order valence-electron chi connectivity index (χ1n) is 3.48. The quantitative estimate of drug-likeness (QED) is 0.697. The number of nitrogens with one attached hydrogen (secondary N) is 1. The van der Waals surface area contributed by atoms with Gasteiger partial charge in [-0.15, -0.1) is 24.8 Å². The van der Waals surface area contributed by atoms with Gasteiger partial charge in [0, 0.05) is 6.54 Å². The zero-order chi connectivity index (χ0) is 7.68. The summed E-state index contributed by atoms with van der Waals surface area (Å²) in [5.41, 5.74) is 7.09. The predicted octanol–water partition coefficient (Wildman–Crippen LogP) is 1.31. The number of rotatable bonds is 0. The van der Waals surface area contributed by atoms with E-state index in [1.54, 1.807) is 12.4 Å². The standard InChI is InChI=1S/C7H9N3O.2ClH/c8-5-3-9-4-6-7(5)11-2-1-10-6;;/h3-4,10H,1-2,8H2;2*1H. The first kappa shape index (κ1) is 12.1. The molecule has 0 atom stereocenters. The average molecular weight is 224 g/mol. The zero-order valence-electron chi connectivity index (χ0n) is 6.82. The number of hydrogen-bond donors (Lipinski definition) is 2. The first-order chi connectivity index (χ1) is 5.38. The Morgan fingerprint density at radius 2 is 2.15 bits per heavy atom. The van der Waals surface area contributed by atoms with Crippen LogP contribution in [0.4, 0.5) is 11.4 Å². The maximum absolute atomic E-state index is 5.61. The van der Waals surface area contributed by atoms with Gasteiger partial charge in [0.25, 0.3) is 0 Å². The number of pyridine rings is 1. The molecule has 2 rings (SSSR count). The summed E-state index contributed by atoms with van der Waals surface area (Å²) in [6.45, 7) is 1.49. The molecule has 1 aromatic rings. The lowest BCUT2D eigenvalue weighted by molar-refractivity contribution is 0.324. The van der Waals surface area contributed by atoms with E-state index in [-0.39, 0.29) is 24.8 Å². The fraction of sp³-hybridized carbons (Fsp3) is 0.286. The summed E-state index contributed by atoms with van der Waals surface area (Å²) in [7, 11) is 0. The van der Waals surface area contributed by atoms with Gasteiger partial charge >= 0.3 is 0 Å². The molecule has 0 amide bonds. The van der Waals surface area contributed by atoms with Crippen LogP contribution in [-0.4, -0.2) is 18.1 Å². The fourth-order valence-corrected chi connectivity index (χ4v) is 1.09. The largest absolute Gasteiger partial charge is 0.487 e. The zero-order valence-corrected chi connectivity index (χ0v) is 8.45. The van der Waals surface area contributed by atoms with Crippen LogP contribution in [0.2, 0.25) is 0 Å². The molecule has 1 aromatic heterocycles. The summed E-state index contributed by atoms with van der Waals surface area (Å²) in [5.74, 6) is 0.728. The molecule has 0 spiro atoms. The molecule has 0 aromatic carbocycles. The van der Waals surface area contributed by atoms with Crippen molar-refractivity contribution in [1.82, 2.24) is 4.98 Å². The summed E-state index contributed by atoms with van der Waals surface area (Å²) in [5, 5.41) is 3.14. The van der Waals surface area contributed by atoms with Crippen molar-refractivity contribution >= 4 is 36.2 Å². The highest BCUT2D eigenvalue weighted by Gasteiger charge is 2.11. The van der Waals surface area contributed by atoms with Crippen molar-refractivity contribution < 1.29 is 4.74 Å². The van der Waals surface area contributed by atoms with Crippen LogP contribution in [0, 0.1) is 0 Å². The highest BCUT2D eigenvalue weighted by atomic mass is 35.5. The summed E-state index contributed by atoms with van der Waals surface area (Å²) in [6.07, 6.45) is 3.30. The average Bonchev–Trinajstić information content (AvgIpc) is 2.06. The molecule has 0 radical (unpaired) electrons. The molecule has 0 bridgehead atoms. The molecule has 0 aliphatic carbocycles. The van der Waals surface area contributed by atoms with E-state index in [1.807, 2.05) is 0 Å². The number of hydrogen-bond acceptors (Lipinski definition) is 4. The lowest BCUT2D eigenvalue weighted by atomic mass is 10.3. The van der Waals surface area contributed by atoms with Crippen LogP contribution in [0.1, 0.15) is 0 Å². The topological polar surface area (TPSA) is 60.2 Å². The number of nitrogens with zero attached hydrogens (tertiary/aromatic N) is 1. The van der Waals surface area contributed by atoms with Gasteiger partial charge in [-0.1, -0.05) is 0 Å². The SMILES string of the molecule is Cl.Cl.Nc1cncc2c1OCCN2. The van der Waals surface area contributed by atoms with Crippen LogP contribution < -0.4 is 15.8 Å². The first-order valence-corrected chi connectivity index (χ1v) is 3.48. The number of nitrogen functional groups attached to an aromatic ring is 1. The van der Waals surface area contributed by atoms with Crippen molar-refractivity contribution in [1.29, 1.82) is 0 Å². The highest BCUT2D eigenvalue weighted by molar-refractivity contribution is 5.85. The molecule has 13 heavy (non-hydrogen) atoms. The van der Waals surface area contributed by atoms with Crippen LogP contribution in [0.5, 0.6) is 5.75 Å². The van der Waals surface area contributed by atoms with Crippen molar-refractivity contribution in [3.05, 3.63) is 12.4 Å². The van der Waals surface area contributed by atoms with Gasteiger partial charge in [0.2, 0.25) is 0 Å². The van der Waals surface area contributed by atoms with Crippen molar-refractivity contribution in [3.8, 4) is 5.75 Å². The monoisotopic (exact) mass is 223 g/mol. The van der Waals surface area contributed by atoms with Gasteiger partial charge < -0.3 is 15.8 Å². The van der Waals surface area contributed by atoms with E-state index in [4.69, 9.17) is 10.5 Å². The number of fused-ring (bicyclic) bond motifs is 1. The van der Waals surface area contributed by atoms with E-state index >= 15 is 0 Å². The molecular weight excluding hydrogens is 213 g/mol. The number of halogens is 2. The third-order valence-electron chi connectivity index (χ3n) is 1.59. The fourth-order valence-electron chi connectivity index (χ4n) is 1.09. The Morgan fingerprint density at radius 1 is 1.38 bits per heavy atom. The molecule has 6 heteroatoms. The summed E-state index contributed by atoms with van der Waals surface area (Å²) in [6, 6.07) is 0. The van der Waals surface area contributed by atoms with Crippen LogP contribution in [0.3, 0.4) is 0 Å². The van der Waals surface area contributed by atoms with Gasteiger partial charge in [0.15, 0.2) is 5.75 Å². The van der Waals surface area contributed by atoms with Gasteiger partial charge in [-0.25, -0.2) is 0 Å². The lowest BCUT2D eigenvalue weighted by Gasteiger charge is -2.19. The molecule has 1 aliphatic heterocycles. The van der Waals surface area contributed by atoms with Gasteiger partial charge in [0.1, 0.15) is 6.61 Å². The minimum Gasteiger partial charge on any atom is -0.487 e. The number of nitrogens with two attached hydrogens (primary N) is 1. The molecule has 0 fully saturated rings. The van der Waals surface area contributed by atoms with Crippen LogP contribution in [0.15, 0.2) is 12.4 Å². The second-order valence-electron chi connectivity index (χ2n) is 2.38. The Kier molecular flexibility index (Phi) is 4.66. The third kappa shape index (κ3) is 2.29. The minimum atomic E-state index is 0. The molecular formula is C7H11Cl2N3O. The molecule has 3 N–H and O–H groups in total.